The van der Waals surface area contributed by atoms with Crippen LogP contribution in [0.2, 0.25) is 0 Å². The van der Waals surface area contributed by atoms with Gasteiger partial charge in [-0.15, -0.1) is 0 Å². The van der Waals surface area contributed by atoms with E-state index < -0.39 is 10.9 Å². The molecule has 19 heavy (non-hydrogen) atoms. The Bertz CT molecular complexity index is 519. The number of carboxylic acids is 1. The van der Waals surface area contributed by atoms with E-state index in [1.807, 2.05) is 6.92 Å². The van der Waals surface area contributed by atoms with Gasteiger partial charge in [-0.05, 0) is 13.0 Å². The van der Waals surface area contributed by atoms with E-state index in [1.54, 1.807) is 4.90 Å². The second-order valence-electron chi connectivity index (χ2n) is 4.23. The fourth-order valence-corrected chi connectivity index (χ4v) is 1.95. The third-order valence-corrected chi connectivity index (χ3v) is 2.81. The van der Waals surface area contributed by atoms with Gasteiger partial charge in [0.15, 0.2) is 5.69 Å². The molecule has 1 saturated heterocycles. The lowest BCUT2D eigenvalue weighted by Crippen LogP contribution is -2.42. The van der Waals surface area contributed by atoms with Crippen molar-refractivity contribution in [2.45, 2.75) is 13.0 Å². The highest BCUT2D eigenvalue weighted by molar-refractivity contribution is 5.86. The van der Waals surface area contributed by atoms with Crippen LogP contribution in [0.15, 0.2) is 12.1 Å². The minimum absolute atomic E-state index is 0.0800. The number of aromatic nitrogens is 1. The molecule has 0 bridgehead atoms. The summed E-state index contributed by atoms with van der Waals surface area (Å²) in [5, 5.41) is 19.9. The average molecular weight is 267 g/mol. The molecule has 102 valence electrons. The summed E-state index contributed by atoms with van der Waals surface area (Å²) in [5.74, 6) is -1.13. The third kappa shape index (κ3) is 2.79. The van der Waals surface area contributed by atoms with Crippen LogP contribution >= 0.6 is 0 Å². The Balaban J connectivity index is 2.42. The molecule has 8 nitrogen and oxygen atoms in total. The first-order valence-corrected chi connectivity index (χ1v) is 5.74. The number of pyridine rings is 1. The first kappa shape index (κ1) is 13.2. The van der Waals surface area contributed by atoms with Crippen LogP contribution < -0.4 is 4.90 Å². The second kappa shape index (κ2) is 5.19. The normalized spacial score (nSPS) is 19.2. The molecule has 1 unspecified atom stereocenters. The van der Waals surface area contributed by atoms with Crippen molar-refractivity contribution in [3.05, 3.63) is 27.9 Å². The molecule has 0 radical (unpaired) electrons. The molecule has 0 aromatic carbocycles. The summed E-state index contributed by atoms with van der Waals surface area (Å²) in [6.07, 6.45) is -0.0800. The van der Waals surface area contributed by atoms with Gasteiger partial charge in [0.25, 0.3) is 0 Å². The highest BCUT2D eigenvalue weighted by atomic mass is 16.6. The average Bonchev–Trinajstić information content (AvgIpc) is 2.37. The van der Waals surface area contributed by atoms with Gasteiger partial charge in [0.2, 0.25) is 5.82 Å². The maximum Gasteiger partial charge on any atom is 0.354 e. The van der Waals surface area contributed by atoms with E-state index in [0.717, 1.165) is 6.07 Å². The van der Waals surface area contributed by atoms with E-state index in [-0.39, 0.29) is 23.3 Å². The zero-order valence-corrected chi connectivity index (χ0v) is 10.3. The highest BCUT2D eigenvalue weighted by Gasteiger charge is 2.26. The number of nitro groups is 1. The Morgan fingerprint density at radius 3 is 2.95 bits per heavy atom. The minimum Gasteiger partial charge on any atom is -0.477 e. The SMILES string of the molecule is CC1CN(c2nc(C(=O)O)ccc2[N+](=O)[O-])CCO1. The van der Waals surface area contributed by atoms with E-state index >= 15 is 0 Å². The van der Waals surface area contributed by atoms with Crippen molar-refractivity contribution in [2.75, 3.05) is 24.6 Å². The molecule has 1 aromatic heterocycles. The second-order valence-corrected chi connectivity index (χ2v) is 4.23. The Labute approximate surface area is 108 Å². The molecule has 1 N–H and O–H groups in total. The lowest BCUT2D eigenvalue weighted by atomic mass is 10.2. The first-order chi connectivity index (χ1) is 8.99. The van der Waals surface area contributed by atoms with Crippen LogP contribution in [-0.2, 0) is 4.74 Å². The molecule has 1 aliphatic heterocycles. The lowest BCUT2D eigenvalue weighted by molar-refractivity contribution is -0.384. The summed E-state index contributed by atoms with van der Waals surface area (Å²) < 4.78 is 5.35. The van der Waals surface area contributed by atoms with Crippen LogP contribution in [0.5, 0.6) is 0 Å². The molecule has 0 spiro atoms. The Kier molecular flexibility index (Phi) is 3.61. The zero-order chi connectivity index (χ0) is 14.0. The van der Waals surface area contributed by atoms with Gasteiger partial charge >= 0.3 is 11.7 Å². The van der Waals surface area contributed by atoms with Crippen molar-refractivity contribution in [1.29, 1.82) is 0 Å². The zero-order valence-electron chi connectivity index (χ0n) is 10.3. The van der Waals surface area contributed by atoms with E-state index in [9.17, 15) is 14.9 Å². The molecule has 2 heterocycles. The summed E-state index contributed by atoms with van der Waals surface area (Å²) in [6.45, 7) is 3.16. The molecule has 0 amide bonds. The highest BCUT2D eigenvalue weighted by Crippen LogP contribution is 2.27. The summed E-state index contributed by atoms with van der Waals surface area (Å²) in [6, 6.07) is 2.31. The molecular weight excluding hydrogens is 254 g/mol. The van der Waals surface area contributed by atoms with Gasteiger partial charge in [-0.2, -0.15) is 0 Å². The fraction of sp³-hybridized carbons (Fsp3) is 0.455. The minimum atomic E-state index is -1.21. The van der Waals surface area contributed by atoms with Gasteiger partial charge in [0.05, 0.1) is 17.6 Å². The van der Waals surface area contributed by atoms with Crippen LogP contribution in [0, 0.1) is 10.1 Å². The molecule has 0 aliphatic carbocycles. The topological polar surface area (TPSA) is 106 Å². The first-order valence-electron chi connectivity index (χ1n) is 5.74. The van der Waals surface area contributed by atoms with Crippen LogP contribution in [0.25, 0.3) is 0 Å². The summed E-state index contributed by atoms with van der Waals surface area (Å²) in [5.41, 5.74) is -0.404. The van der Waals surface area contributed by atoms with Gasteiger partial charge in [0.1, 0.15) is 0 Å². The Hall–Kier alpha value is -2.22. The van der Waals surface area contributed by atoms with Crippen LogP contribution in [0.3, 0.4) is 0 Å². The lowest BCUT2D eigenvalue weighted by Gasteiger charge is -2.31. The molecule has 2 rings (SSSR count). The number of ether oxygens (including phenoxy) is 1. The number of hydrogen-bond donors (Lipinski definition) is 1. The number of rotatable bonds is 3. The maximum absolute atomic E-state index is 11.0. The van der Waals surface area contributed by atoms with Crippen LogP contribution in [0.1, 0.15) is 17.4 Å². The van der Waals surface area contributed by atoms with Gasteiger partial charge in [-0.25, -0.2) is 9.78 Å². The molecule has 1 fully saturated rings. The number of aromatic carboxylic acids is 1. The van der Waals surface area contributed by atoms with Gasteiger partial charge in [-0.3, -0.25) is 10.1 Å². The number of carbonyl (C=O) groups is 1. The van der Waals surface area contributed by atoms with E-state index in [0.29, 0.717) is 19.7 Å². The van der Waals surface area contributed by atoms with E-state index in [1.165, 1.54) is 6.07 Å². The van der Waals surface area contributed by atoms with Crippen molar-refractivity contribution in [1.82, 2.24) is 4.98 Å². The molecule has 1 aromatic rings. The predicted molar refractivity (Wildman–Crippen MR) is 65.5 cm³/mol. The number of carboxylic acid groups (broad SMARTS) is 1. The Morgan fingerprint density at radius 2 is 2.37 bits per heavy atom. The van der Waals surface area contributed by atoms with Crippen molar-refractivity contribution in [3.8, 4) is 0 Å². The monoisotopic (exact) mass is 267 g/mol. The number of morpholine rings is 1. The number of hydrogen-bond acceptors (Lipinski definition) is 6. The molecule has 8 heteroatoms. The quantitative estimate of drug-likeness (QED) is 0.640. The summed E-state index contributed by atoms with van der Waals surface area (Å²) in [4.78, 5) is 26.9. The smallest absolute Gasteiger partial charge is 0.354 e. The third-order valence-electron chi connectivity index (χ3n) is 2.81. The standard InChI is InChI=1S/C11H13N3O5/c1-7-6-13(4-5-19-7)10-9(14(17)18)3-2-8(12-10)11(15)16/h2-3,7H,4-6H2,1H3,(H,15,16). The van der Waals surface area contributed by atoms with Crippen molar-refractivity contribution < 1.29 is 19.6 Å². The Morgan fingerprint density at radius 1 is 1.63 bits per heavy atom. The fourth-order valence-electron chi connectivity index (χ4n) is 1.95. The van der Waals surface area contributed by atoms with E-state index in [2.05, 4.69) is 4.98 Å². The molecule has 0 saturated carbocycles. The van der Waals surface area contributed by atoms with Gasteiger partial charge in [-0.1, -0.05) is 0 Å². The van der Waals surface area contributed by atoms with Crippen LogP contribution in [0.4, 0.5) is 11.5 Å². The number of nitrogens with zero attached hydrogens (tertiary/aromatic N) is 3. The van der Waals surface area contributed by atoms with Crippen molar-refractivity contribution in [3.63, 3.8) is 0 Å². The van der Waals surface area contributed by atoms with Gasteiger partial charge < -0.3 is 14.7 Å². The summed E-state index contributed by atoms with van der Waals surface area (Å²) >= 11 is 0. The number of anilines is 1. The molecule has 1 atom stereocenters. The largest absolute Gasteiger partial charge is 0.477 e. The summed E-state index contributed by atoms with van der Waals surface area (Å²) in [7, 11) is 0. The molecule has 1 aliphatic rings. The predicted octanol–water partition coefficient (Wildman–Crippen LogP) is 0.913. The maximum atomic E-state index is 11.0. The van der Waals surface area contributed by atoms with Crippen molar-refractivity contribution in [2.24, 2.45) is 0 Å². The van der Waals surface area contributed by atoms with Crippen molar-refractivity contribution >= 4 is 17.5 Å². The molecular formula is C11H13N3O5. The van der Waals surface area contributed by atoms with Gasteiger partial charge in [0, 0.05) is 19.2 Å². The van der Waals surface area contributed by atoms with Crippen LogP contribution in [-0.4, -0.2) is 46.8 Å². The van der Waals surface area contributed by atoms with E-state index in [4.69, 9.17) is 9.84 Å².